The monoisotopic (exact) mass is 312 g/mol. The summed E-state index contributed by atoms with van der Waals surface area (Å²) in [5.41, 5.74) is 0.507. The molecule has 2 rings (SSSR count). The normalized spacial score (nSPS) is 15.9. The first kappa shape index (κ1) is 16.3. The lowest BCUT2D eigenvalue weighted by Crippen LogP contribution is -2.12. The molecule has 0 spiro atoms. The Morgan fingerprint density at radius 1 is 1.19 bits per heavy atom. The molecule has 0 amide bonds. The van der Waals surface area contributed by atoms with Crippen LogP contribution in [0, 0.1) is 5.92 Å². The van der Waals surface area contributed by atoms with E-state index in [0.29, 0.717) is 23.0 Å². The summed E-state index contributed by atoms with van der Waals surface area (Å²) >= 11 is 0.853. The first-order chi connectivity index (χ1) is 10.3. The first-order valence-corrected chi connectivity index (χ1v) is 7.95. The number of hydrogen-bond acceptors (Lipinski definition) is 6. The van der Waals surface area contributed by atoms with Crippen LogP contribution in [0.3, 0.4) is 0 Å². The zero-order valence-electron chi connectivity index (χ0n) is 11.8. The van der Waals surface area contributed by atoms with Crippen LogP contribution in [0.2, 0.25) is 0 Å². The highest BCUT2D eigenvalue weighted by atomic mass is 32.2. The van der Waals surface area contributed by atoms with E-state index in [-0.39, 0.29) is 5.97 Å². The lowest BCUT2D eigenvalue weighted by molar-refractivity contribution is -0.432. The van der Waals surface area contributed by atoms with E-state index in [0.717, 1.165) is 18.5 Å². The summed E-state index contributed by atoms with van der Waals surface area (Å²) in [4.78, 5) is 12.6. The van der Waals surface area contributed by atoms with Gasteiger partial charge in [-0.1, -0.05) is 37.1 Å². The summed E-state index contributed by atoms with van der Waals surface area (Å²) < 4.78 is 9.62. The van der Waals surface area contributed by atoms with Crippen molar-refractivity contribution in [1.29, 1.82) is 0 Å². The number of carbonyl (C=O) groups excluding carboxylic acids is 1. The molecule has 116 valence electrons. The van der Waals surface area contributed by atoms with Gasteiger partial charge in [-0.3, -0.25) is 0 Å². The molecule has 0 radical (unpaired) electrons. The number of benzene rings is 1. The zero-order chi connectivity index (χ0) is 14.9. The van der Waals surface area contributed by atoms with Gasteiger partial charge in [-0.2, -0.15) is 0 Å². The molecule has 1 aliphatic rings. The number of esters is 1. The van der Waals surface area contributed by atoms with Crippen molar-refractivity contribution in [2.45, 2.75) is 43.4 Å². The van der Waals surface area contributed by atoms with E-state index in [1.54, 1.807) is 24.3 Å². The van der Waals surface area contributed by atoms with E-state index in [1.807, 2.05) is 0 Å². The average molecular weight is 312 g/mol. The molecule has 6 heteroatoms. The maximum absolute atomic E-state index is 11.9. The molecular weight excluding hydrogens is 292 g/mol. The van der Waals surface area contributed by atoms with Gasteiger partial charge in [0.1, 0.15) is 0 Å². The van der Waals surface area contributed by atoms with Crippen LogP contribution in [-0.2, 0) is 14.1 Å². The van der Waals surface area contributed by atoms with Crippen molar-refractivity contribution in [2.24, 2.45) is 5.92 Å². The average Bonchev–Trinajstić information content (AvgIpc) is 2.54. The largest absolute Gasteiger partial charge is 0.462 e. The predicted molar refractivity (Wildman–Crippen MR) is 78.6 cm³/mol. The van der Waals surface area contributed by atoms with Crippen molar-refractivity contribution in [2.75, 3.05) is 6.61 Å². The molecule has 0 heterocycles. The van der Waals surface area contributed by atoms with Gasteiger partial charge in [-0.15, -0.1) is 4.33 Å². The summed E-state index contributed by atoms with van der Waals surface area (Å²) in [6.45, 7) is 0.488. The number of ether oxygens (including phenoxy) is 1. The summed E-state index contributed by atoms with van der Waals surface area (Å²) in [6.07, 6.45) is 7.43. The van der Waals surface area contributed by atoms with Crippen molar-refractivity contribution in [3.63, 3.8) is 0 Å². The molecule has 0 atom stereocenters. The molecule has 0 saturated heterocycles. The van der Waals surface area contributed by atoms with Gasteiger partial charge in [0.2, 0.25) is 0 Å². The van der Waals surface area contributed by atoms with Gasteiger partial charge < -0.3 is 4.74 Å². The van der Waals surface area contributed by atoms with Gasteiger partial charge in [0.25, 0.3) is 0 Å². The Morgan fingerprint density at radius 2 is 1.90 bits per heavy atom. The van der Waals surface area contributed by atoms with E-state index >= 15 is 0 Å². The van der Waals surface area contributed by atoms with Crippen LogP contribution < -0.4 is 0 Å². The van der Waals surface area contributed by atoms with E-state index in [4.69, 9.17) is 9.99 Å². The smallest absolute Gasteiger partial charge is 0.338 e. The van der Waals surface area contributed by atoms with Crippen molar-refractivity contribution < 1.29 is 24.2 Å². The third kappa shape index (κ3) is 5.67. The number of carbonyl (C=O) groups is 1. The van der Waals surface area contributed by atoms with Crippen LogP contribution in [0.15, 0.2) is 29.2 Å². The Bertz CT molecular complexity index is 428. The van der Waals surface area contributed by atoms with Crippen LogP contribution in [0.1, 0.15) is 48.9 Å². The Kier molecular flexibility index (Phi) is 7.02. The summed E-state index contributed by atoms with van der Waals surface area (Å²) in [5.74, 6) is 0.405. The van der Waals surface area contributed by atoms with Gasteiger partial charge >= 0.3 is 5.97 Å². The molecule has 0 unspecified atom stereocenters. The van der Waals surface area contributed by atoms with Gasteiger partial charge in [0.05, 0.1) is 24.2 Å². The molecule has 1 aromatic rings. The van der Waals surface area contributed by atoms with Gasteiger partial charge in [-0.05, 0) is 36.6 Å². The molecular formula is C15H20O5S. The van der Waals surface area contributed by atoms with E-state index in [9.17, 15) is 4.79 Å². The maximum atomic E-state index is 11.9. The van der Waals surface area contributed by atoms with Gasteiger partial charge in [0.15, 0.2) is 0 Å². The fourth-order valence-corrected chi connectivity index (χ4v) is 2.93. The van der Waals surface area contributed by atoms with E-state index in [1.165, 1.54) is 32.1 Å². The topological polar surface area (TPSA) is 65.0 Å². The third-order valence-corrected chi connectivity index (χ3v) is 4.33. The molecule has 5 nitrogen and oxygen atoms in total. The molecule has 0 aromatic heterocycles. The molecule has 1 aliphatic carbocycles. The van der Waals surface area contributed by atoms with Crippen LogP contribution in [0.25, 0.3) is 0 Å². The second-order valence-electron chi connectivity index (χ2n) is 5.18. The molecule has 0 aliphatic heterocycles. The highest BCUT2D eigenvalue weighted by Gasteiger charge is 2.14. The lowest BCUT2D eigenvalue weighted by atomic mass is 9.87. The van der Waals surface area contributed by atoms with Crippen molar-refractivity contribution in [3.05, 3.63) is 29.8 Å². The van der Waals surface area contributed by atoms with Gasteiger partial charge in [-0.25, -0.2) is 10.1 Å². The minimum Gasteiger partial charge on any atom is -0.462 e. The SMILES string of the molecule is O=C(OCCC1CCCCC1)c1ccc(SOOO)cc1. The first-order valence-electron chi connectivity index (χ1n) is 7.21. The maximum Gasteiger partial charge on any atom is 0.338 e. The van der Waals surface area contributed by atoms with Crippen molar-refractivity contribution >= 4 is 18.0 Å². The fourth-order valence-electron chi connectivity index (χ4n) is 2.58. The molecule has 1 saturated carbocycles. The molecule has 21 heavy (non-hydrogen) atoms. The Labute approximate surface area is 128 Å². The third-order valence-electron chi connectivity index (χ3n) is 3.73. The van der Waals surface area contributed by atoms with E-state index < -0.39 is 0 Å². The Balaban J connectivity index is 1.72. The highest BCUT2D eigenvalue weighted by molar-refractivity contribution is 7.94. The Hall–Kier alpha value is -1.08. The van der Waals surface area contributed by atoms with E-state index in [2.05, 4.69) is 9.37 Å². The van der Waals surface area contributed by atoms with Crippen LogP contribution in [0.5, 0.6) is 0 Å². The Morgan fingerprint density at radius 3 is 2.57 bits per heavy atom. The van der Waals surface area contributed by atoms with Crippen LogP contribution >= 0.6 is 12.0 Å². The highest BCUT2D eigenvalue weighted by Crippen LogP contribution is 2.26. The van der Waals surface area contributed by atoms with Crippen molar-refractivity contribution in [3.8, 4) is 0 Å². The minimum absolute atomic E-state index is 0.304. The molecule has 1 aromatic carbocycles. The van der Waals surface area contributed by atoms with Gasteiger partial charge in [0, 0.05) is 4.90 Å². The summed E-state index contributed by atoms with van der Waals surface area (Å²) in [7, 11) is 0. The quantitative estimate of drug-likeness (QED) is 0.351. The van der Waals surface area contributed by atoms with Crippen LogP contribution in [-0.4, -0.2) is 17.8 Å². The van der Waals surface area contributed by atoms with Crippen LogP contribution in [0.4, 0.5) is 0 Å². The molecule has 0 bridgehead atoms. The minimum atomic E-state index is -0.304. The second-order valence-corrected chi connectivity index (χ2v) is 5.95. The summed E-state index contributed by atoms with van der Waals surface area (Å²) in [6, 6.07) is 6.71. The molecule has 1 fully saturated rings. The number of rotatable bonds is 7. The fraction of sp³-hybridized carbons (Fsp3) is 0.533. The van der Waals surface area contributed by atoms with Crippen molar-refractivity contribution in [1.82, 2.24) is 0 Å². The predicted octanol–water partition coefficient (Wildman–Crippen LogP) is 4.24. The standard InChI is InChI=1S/C15H20O5S/c16-15(18-11-10-12-4-2-1-3-5-12)13-6-8-14(9-7-13)21-20-19-17/h6-9,12,17H,1-5,10-11H2. The second kappa shape index (κ2) is 9.04. The number of hydrogen-bond donors (Lipinski definition) is 1. The zero-order valence-corrected chi connectivity index (χ0v) is 12.6. The summed E-state index contributed by atoms with van der Waals surface area (Å²) in [5, 5.41) is 11.6. The lowest BCUT2D eigenvalue weighted by Gasteiger charge is -2.21. The molecule has 1 N–H and O–H groups in total.